The number of rotatable bonds is 5. The van der Waals surface area contributed by atoms with Crippen LogP contribution in [0.15, 0.2) is 47.3 Å². The Morgan fingerprint density at radius 2 is 1.95 bits per heavy atom. The van der Waals surface area contributed by atoms with E-state index in [1.165, 1.54) is 18.6 Å². The summed E-state index contributed by atoms with van der Waals surface area (Å²) in [5.74, 6) is -0.645. The summed E-state index contributed by atoms with van der Waals surface area (Å²) >= 11 is 5.97. The van der Waals surface area contributed by atoms with E-state index in [4.69, 9.17) is 16.0 Å². The van der Waals surface area contributed by atoms with E-state index in [1.54, 1.807) is 6.07 Å². The number of halogens is 1. The molecule has 0 spiro atoms. The van der Waals surface area contributed by atoms with E-state index in [0.29, 0.717) is 17.1 Å². The first-order chi connectivity index (χ1) is 9.66. The van der Waals surface area contributed by atoms with E-state index >= 15 is 0 Å². The molecule has 2 amide bonds. The van der Waals surface area contributed by atoms with Crippen molar-refractivity contribution in [3.05, 3.63) is 59.0 Å². The average Bonchev–Trinajstić information content (AvgIpc) is 2.98. The van der Waals surface area contributed by atoms with Gasteiger partial charge in [0.05, 0.1) is 18.4 Å². The molecule has 20 heavy (non-hydrogen) atoms. The third kappa shape index (κ3) is 3.86. The number of benzene rings is 1. The summed E-state index contributed by atoms with van der Waals surface area (Å²) in [4.78, 5) is 23.2. The maximum absolute atomic E-state index is 11.6. The van der Waals surface area contributed by atoms with Gasteiger partial charge in [-0.2, -0.15) is 0 Å². The Balaban J connectivity index is 1.76. The monoisotopic (exact) mass is 292 g/mol. The second kappa shape index (κ2) is 6.77. The van der Waals surface area contributed by atoms with Gasteiger partial charge in [-0.1, -0.05) is 29.8 Å². The molecule has 5 nitrogen and oxygen atoms in total. The lowest BCUT2D eigenvalue weighted by molar-refractivity contribution is -0.120. The van der Waals surface area contributed by atoms with Crippen LogP contribution in [0.2, 0.25) is 5.02 Å². The number of furan rings is 1. The molecule has 1 aromatic carbocycles. The summed E-state index contributed by atoms with van der Waals surface area (Å²) in [7, 11) is 0. The fourth-order valence-corrected chi connectivity index (χ4v) is 1.76. The number of amides is 2. The third-order valence-corrected chi connectivity index (χ3v) is 3.00. The molecule has 104 valence electrons. The lowest BCUT2D eigenvalue weighted by atomic mass is 10.2. The Hall–Kier alpha value is -2.27. The van der Waals surface area contributed by atoms with Crippen molar-refractivity contribution in [2.24, 2.45) is 0 Å². The predicted molar refractivity (Wildman–Crippen MR) is 74.3 cm³/mol. The van der Waals surface area contributed by atoms with Gasteiger partial charge in [0.15, 0.2) is 0 Å². The highest BCUT2D eigenvalue weighted by molar-refractivity contribution is 6.31. The highest BCUT2D eigenvalue weighted by Crippen LogP contribution is 2.14. The summed E-state index contributed by atoms with van der Waals surface area (Å²) in [6, 6.07) is 8.76. The number of carbonyl (C=O) groups is 2. The standard InChI is InChI=1S/C14H13ClN2O3/c15-12-4-2-1-3-10(12)7-16-13(18)8-17-14(19)11-5-6-20-9-11/h1-6,9H,7-8H2,(H,16,18)(H,17,19). The third-order valence-electron chi connectivity index (χ3n) is 2.63. The van der Waals surface area contributed by atoms with Gasteiger partial charge >= 0.3 is 0 Å². The number of carbonyl (C=O) groups excluding carboxylic acids is 2. The van der Waals surface area contributed by atoms with Gasteiger partial charge in [0.2, 0.25) is 5.91 Å². The Morgan fingerprint density at radius 3 is 2.65 bits per heavy atom. The Morgan fingerprint density at radius 1 is 1.15 bits per heavy atom. The van der Waals surface area contributed by atoms with Gasteiger partial charge in [-0.05, 0) is 17.7 Å². The maximum atomic E-state index is 11.6. The van der Waals surface area contributed by atoms with E-state index in [1.807, 2.05) is 18.2 Å². The molecular formula is C14H13ClN2O3. The summed E-state index contributed by atoms with van der Waals surface area (Å²) in [5.41, 5.74) is 1.20. The number of nitrogens with one attached hydrogen (secondary N) is 2. The normalized spacial score (nSPS) is 10.1. The first-order valence-corrected chi connectivity index (χ1v) is 6.35. The summed E-state index contributed by atoms with van der Waals surface area (Å²) in [6.45, 7) is 0.217. The minimum absolute atomic E-state index is 0.103. The molecule has 1 heterocycles. The molecule has 6 heteroatoms. The van der Waals surface area contributed by atoms with E-state index in [0.717, 1.165) is 5.56 Å². The van der Waals surface area contributed by atoms with Gasteiger partial charge in [-0.25, -0.2) is 0 Å². The molecule has 2 aromatic rings. The quantitative estimate of drug-likeness (QED) is 0.885. The molecule has 0 radical (unpaired) electrons. The predicted octanol–water partition coefficient (Wildman–Crippen LogP) is 1.98. The SMILES string of the molecule is O=C(CNC(=O)c1ccoc1)NCc1ccccc1Cl. The van der Waals surface area contributed by atoms with Crippen molar-refractivity contribution in [2.45, 2.75) is 6.54 Å². The number of hydrogen-bond donors (Lipinski definition) is 2. The largest absolute Gasteiger partial charge is 0.472 e. The van der Waals surface area contributed by atoms with Crippen molar-refractivity contribution in [3.63, 3.8) is 0 Å². The molecule has 0 unspecified atom stereocenters. The molecule has 2 N–H and O–H groups in total. The van der Waals surface area contributed by atoms with Crippen LogP contribution in [-0.4, -0.2) is 18.4 Å². The van der Waals surface area contributed by atoms with Gasteiger partial charge in [0.1, 0.15) is 6.26 Å². The van der Waals surface area contributed by atoms with Crippen molar-refractivity contribution >= 4 is 23.4 Å². The minimum atomic E-state index is -0.355. The van der Waals surface area contributed by atoms with Crippen LogP contribution >= 0.6 is 11.6 Å². The van der Waals surface area contributed by atoms with Gasteiger partial charge in [-0.15, -0.1) is 0 Å². The highest BCUT2D eigenvalue weighted by atomic mass is 35.5. The second-order valence-corrected chi connectivity index (χ2v) is 4.47. The van der Waals surface area contributed by atoms with Crippen molar-refractivity contribution in [1.29, 1.82) is 0 Å². The zero-order valence-electron chi connectivity index (χ0n) is 10.6. The zero-order valence-corrected chi connectivity index (χ0v) is 11.3. The van der Waals surface area contributed by atoms with Crippen molar-refractivity contribution in [2.75, 3.05) is 6.54 Å². The Kier molecular flexibility index (Phi) is 4.79. The van der Waals surface area contributed by atoms with Crippen LogP contribution in [0.3, 0.4) is 0 Å². The molecule has 0 aliphatic heterocycles. The van der Waals surface area contributed by atoms with Crippen LogP contribution in [0.4, 0.5) is 0 Å². The van der Waals surface area contributed by atoms with Crippen molar-refractivity contribution in [3.8, 4) is 0 Å². The molecular weight excluding hydrogens is 280 g/mol. The van der Waals surface area contributed by atoms with Crippen LogP contribution in [0, 0.1) is 0 Å². The highest BCUT2D eigenvalue weighted by Gasteiger charge is 2.09. The van der Waals surface area contributed by atoms with Crippen LogP contribution in [0.1, 0.15) is 15.9 Å². The van der Waals surface area contributed by atoms with Crippen LogP contribution < -0.4 is 10.6 Å². The molecule has 2 rings (SSSR count). The van der Waals surface area contributed by atoms with Gasteiger partial charge in [0, 0.05) is 11.6 Å². The summed E-state index contributed by atoms with van der Waals surface area (Å²) in [6.07, 6.45) is 2.71. The van der Waals surface area contributed by atoms with Crippen molar-refractivity contribution < 1.29 is 14.0 Å². The van der Waals surface area contributed by atoms with E-state index < -0.39 is 0 Å². The fourth-order valence-electron chi connectivity index (χ4n) is 1.55. The van der Waals surface area contributed by atoms with Crippen LogP contribution in [0.5, 0.6) is 0 Å². The second-order valence-electron chi connectivity index (χ2n) is 4.06. The minimum Gasteiger partial charge on any atom is -0.472 e. The zero-order chi connectivity index (χ0) is 14.4. The van der Waals surface area contributed by atoms with E-state index in [9.17, 15) is 9.59 Å². The molecule has 0 atom stereocenters. The van der Waals surface area contributed by atoms with Gasteiger partial charge < -0.3 is 15.1 Å². The maximum Gasteiger partial charge on any atom is 0.254 e. The summed E-state index contributed by atoms with van der Waals surface area (Å²) < 4.78 is 4.78. The lowest BCUT2D eigenvalue weighted by Crippen LogP contribution is -2.36. The van der Waals surface area contributed by atoms with Crippen molar-refractivity contribution in [1.82, 2.24) is 10.6 Å². The first kappa shape index (κ1) is 14.1. The smallest absolute Gasteiger partial charge is 0.254 e. The van der Waals surface area contributed by atoms with Gasteiger partial charge in [-0.3, -0.25) is 9.59 Å². The molecule has 1 aromatic heterocycles. The molecule has 0 bridgehead atoms. The molecule has 0 aliphatic rings. The molecule has 0 saturated carbocycles. The number of hydrogen-bond acceptors (Lipinski definition) is 3. The fraction of sp³-hybridized carbons (Fsp3) is 0.143. The van der Waals surface area contributed by atoms with Crippen LogP contribution in [-0.2, 0) is 11.3 Å². The Labute approximate surface area is 120 Å². The molecule has 0 fully saturated rings. The average molecular weight is 293 g/mol. The first-order valence-electron chi connectivity index (χ1n) is 5.97. The molecule has 0 saturated heterocycles. The lowest BCUT2D eigenvalue weighted by Gasteiger charge is -2.07. The van der Waals surface area contributed by atoms with E-state index in [2.05, 4.69) is 10.6 Å². The van der Waals surface area contributed by atoms with Crippen LogP contribution in [0.25, 0.3) is 0 Å². The van der Waals surface area contributed by atoms with Gasteiger partial charge in [0.25, 0.3) is 5.91 Å². The molecule has 0 aliphatic carbocycles. The van der Waals surface area contributed by atoms with E-state index in [-0.39, 0.29) is 18.4 Å². The summed E-state index contributed by atoms with van der Waals surface area (Å²) in [5, 5.41) is 5.76. The topological polar surface area (TPSA) is 71.3 Å². The Bertz CT molecular complexity index is 596.